The highest BCUT2D eigenvalue weighted by Crippen LogP contribution is 2.25. The average molecular weight is 326 g/mol. The van der Waals surface area contributed by atoms with E-state index in [1.807, 2.05) is 0 Å². The number of sulfonamides is 1. The van der Waals surface area contributed by atoms with Gasteiger partial charge in [-0.25, -0.2) is 8.42 Å². The number of carbonyl (C=O) groups is 1. The molecular weight excluding hydrogens is 313 g/mol. The minimum Gasteiger partial charge on any atom is -0.480 e. The third kappa shape index (κ3) is 4.07. The van der Waals surface area contributed by atoms with Gasteiger partial charge in [-0.2, -0.15) is 4.72 Å². The lowest BCUT2D eigenvalue weighted by Crippen LogP contribution is -2.44. The molecule has 8 heteroatoms. The molecule has 0 aliphatic carbocycles. The van der Waals surface area contributed by atoms with E-state index in [2.05, 4.69) is 4.72 Å². The SMILES string of the molecule is CC(C)C(NS(=O)(=O)c1ccc(Cl)c(Cl)c1)C(=O)O. The maximum atomic E-state index is 12.0. The van der Waals surface area contributed by atoms with E-state index in [1.165, 1.54) is 18.2 Å². The van der Waals surface area contributed by atoms with Gasteiger partial charge in [-0.3, -0.25) is 4.79 Å². The normalized spacial score (nSPS) is 13.5. The average Bonchev–Trinajstić information content (AvgIpc) is 2.28. The highest BCUT2D eigenvalue weighted by molar-refractivity contribution is 7.89. The fraction of sp³-hybridized carbons (Fsp3) is 0.364. The van der Waals surface area contributed by atoms with Crippen LogP contribution in [0.25, 0.3) is 0 Å². The Balaban J connectivity index is 3.10. The van der Waals surface area contributed by atoms with Crippen LogP contribution in [0.4, 0.5) is 0 Å². The molecule has 0 saturated heterocycles. The van der Waals surface area contributed by atoms with E-state index in [4.69, 9.17) is 28.3 Å². The standard InChI is InChI=1S/C11H13Cl2NO4S/c1-6(2)10(11(15)16)14-19(17,18)7-3-4-8(12)9(13)5-7/h3-6,10,14H,1-2H3,(H,15,16). The molecule has 0 fully saturated rings. The van der Waals surface area contributed by atoms with Crippen molar-refractivity contribution < 1.29 is 18.3 Å². The molecule has 1 aromatic carbocycles. The summed E-state index contributed by atoms with van der Waals surface area (Å²) in [7, 11) is -3.96. The van der Waals surface area contributed by atoms with Crippen molar-refractivity contribution in [2.75, 3.05) is 0 Å². The zero-order valence-corrected chi connectivity index (χ0v) is 12.6. The maximum Gasteiger partial charge on any atom is 0.322 e. The van der Waals surface area contributed by atoms with Crippen LogP contribution in [0.3, 0.4) is 0 Å². The molecule has 0 spiro atoms. The van der Waals surface area contributed by atoms with Crippen LogP contribution in [0.1, 0.15) is 13.8 Å². The summed E-state index contributed by atoms with van der Waals surface area (Å²) >= 11 is 11.4. The Morgan fingerprint density at radius 2 is 1.84 bits per heavy atom. The van der Waals surface area contributed by atoms with Gasteiger partial charge in [-0.1, -0.05) is 37.0 Å². The number of benzene rings is 1. The van der Waals surface area contributed by atoms with Crippen LogP contribution >= 0.6 is 23.2 Å². The van der Waals surface area contributed by atoms with Crippen molar-refractivity contribution >= 4 is 39.2 Å². The first kappa shape index (κ1) is 16.2. The van der Waals surface area contributed by atoms with Gasteiger partial charge in [0, 0.05) is 0 Å². The summed E-state index contributed by atoms with van der Waals surface area (Å²) in [5.41, 5.74) is 0. The molecule has 1 unspecified atom stereocenters. The van der Waals surface area contributed by atoms with Crippen LogP contribution in [-0.2, 0) is 14.8 Å². The lowest BCUT2D eigenvalue weighted by atomic mass is 10.1. The van der Waals surface area contributed by atoms with Crippen LogP contribution in [0.2, 0.25) is 10.0 Å². The van der Waals surface area contributed by atoms with Crippen molar-refractivity contribution in [1.29, 1.82) is 0 Å². The van der Waals surface area contributed by atoms with Crippen molar-refractivity contribution in [3.05, 3.63) is 28.2 Å². The van der Waals surface area contributed by atoms with E-state index >= 15 is 0 Å². The summed E-state index contributed by atoms with van der Waals surface area (Å²) in [4.78, 5) is 10.9. The molecular formula is C11H13Cl2NO4S. The lowest BCUT2D eigenvalue weighted by molar-refractivity contribution is -0.140. The quantitative estimate of drug-likeness (QED) is 0.870. The van der Waals surface area contributed by atoms with Gasteiger partial charge in [0.05, 0.1) is 14.9 Å². The van der Waals surface area contributed by atoms with Crippen molar-refractivity contribution in [3.8, 4) is 0 Å². The van der Waals surface area contributed by atoms with E-state index in [1.54, 1.807) is 13.8 Å². The second-order valence-electron chi connectivity index (χ2n) is 4.26. The minimum absolute atomic E-state index is 0.0842. The Morgan fingerprint density at radius 3 is 2.26 bits per heavy atom. The predicted octanol–water partition coefficient (Wildman–Crippen LogP) is 2.38. The number of hydrogen-bond acceptors (Lipinski definition) is 3. The summed E-state index contributed by atoms with van der Waals surface area (Å²) in [5.74, 6) is -1.63. The minimum atomic E-state index is -3.96. The van der Waals surface area contributed by atoms with Gasteiger partial charge < -0.3 is 5.11 Å². The largest absolute Gasteiger partial charge is 0.480 e. The Bertz CT molecular complexity index is 586. The summed E-state index contributed by atoms with van der Waals surface area (Å²) < 4.78 is 26.2. The Kier molecular flexibility index (Phi) is 5.20. The molecule has 0 aliphatic rings. The fourth-order valence-electron chi connectivity index (χ4n) is 1.35. The highest BCUT2D eigenvalue weighted by atomic mass is 35.5. The zero-order valence-electron chi connectivity index (χ0n) is 10.2. The number of halogens is 2. The molecule has 0 aliphatic heterocycles. The molecule has 106 valence electrons. The Labute approximate surface area is 121 Å². The molecule has 1 rings (SSSR count). The van der Waals surface area contributed by atoms with E-state index in [9.17, 15) is 13.2 Å². The molecule has 1 aromatic rings. The van der Waals surface area contributed by atoms with Crippen LogP contribution < -0.4 is 4.72 Å². The molecule has 0 heterocycles. The summed E-state index contributed by atoms with van der Waals surface area (Å²) in [6, 6.07) is 2.56. The van der Waals surface area contributed by atoms with Gasteiger partial charge in [0.2, 0.25) is 10.0 Å². The van der Waals surface area contributed by atoms with E-state index < -0.39 is 28.0 Å². The van der Waals surface area contributed by atoms with Crippen molar-refractivity contribution in [1.82, 2.24) is 4.72 Å². The fourth-order valence-corrected chi connectivity index (χ4v) is 3.08. The number of aliphatic carboxylic acids is 1. The van der Waals surface area contributed by atoms with Crippen LogP contribution in [0, 0.1) is 5.92 Å². The number of nitrogens with one attached hydrogen (secondary N) is 1. The lowest BCUT2D eigenvalue weighted by Gasteiger charge is -2.18. The Hall–Kier alpha value is -0.820. The molecule has 0 saturated carbocycles. The number of carboxylic acids is 1. The number of carboxylic acid groups (broad SMARTS) is 1. The molecule has 5 nitrogen and oxygen atoms in total. The number of hydrogen-bond donors (Lipinski definition) is 2. The van der Waals surface area contributed by atoms with Crippen molar-refractivity contribution in [2.45, 2.75) is 24.8 Å². The first-order valence-corrected chi connectivity index (χ1v) is 7.59. The van der Waals surface area contributed by atoms with Gasteiger partial charge in [0.25, 0.3) is 0 Å². The van der Waals surface area contributed by atoms with E-state index in [-0.39, 0.29) is 14.9 Å². The second kappa shape index (κ2) is 6.09. The monoisotopic (exact) mass is 325 g/mol. The van der Waals surface area contributed by atoms with Gasteiger partial charge in [0.1, 0.15) is 6.04 Å². The Morgan fingerprint density at radius 1 is 1.26 bits per heavy atom. The third-order valence-corrected chi connectivity index (χ3v) is 4.59. The molecule has 19 heavy (non-hydrogen) atoms. The van der Waals surface area contributed by atoms with Gasteiger partial charge in [0.15, 0.2) is 0 Å². The van der Waals surface area contributed by atoms with Crippen LogP contribution in [0.5, 0.6) is 0 Å². The molecule has 0 amide bonds. The smallest absolute Gasteiger partial charge is 0.322 e. The first-order chi connectivity index (χ1) is 8.65. The predicted molar refractivity (Wildman–Crippen MR) is 73.0 cm³/mol. The molecule has 0 bridgehead atoms. The van der Waals surface area contributed by atoms with Crippen molar-refractivity contribution in [2.24, 2.45) is 5.92 Å². The summed E-state index contributed by atoms with van der Waals surface area (Å²) in [6.07, 6.45) is 0. The van der Waals surface area contributed by atoms with Crippen LogP contribution in [-0.4, -0.2) is 25.5 Å². The first-order valence-electron chi connectivity index (χ1n) is 5.35. The second-order valence-corrected chi connectivity index (χ2v) is 6.79. The molecule has 2 N–H and O–H groups in total. The van der Waals surface area contributed by atoms with Crippen LogP contribution in [0.15, 0.2) is 23.1 Å². The molecule has 0 aromatic heterocycles. The summed E-state index contributed by atoms with van der Waals surface area (Å²) in [5, 5.41) is 9.28. The highest BCUT2D eigenvalue weighted by Gasteiger charge is 2.28. The van der Waals surface area contributed by atoms with E-state index in [0.717, 1.165) is 0 Å². The topological polar surface area (TPSA) is 83.5 Å². The third-order valence-electron chi connectivity index (χ3n) is 2.42. The maximum absolute atomic E-state index is 12.0. The van der Waals surface area contributed by atoms with E-state index in [0.29, 0.717) is 0 Å². The summed E-state index contributed by atoms with van der Waals surface area (Å²) in [6.45, 7) is 3.21. The number of rotatable bonds is 5. The molecule has 0 radical (unpaired) electrons. The van der Waals surface area contributed by atoms with Gasteiger partial charge in [-0.05, 0) is 24.1 Å². The molecule has 1 atom stereocenters. The van der Waals surface area contributed by atoms with Gasteiger partial charge >= 0.3 is 5.97 Å². The van der Waals surface area contributed by atoms with Crippen molar-refractivity contribution in [3.63, 3.8) is 0 Å². The van der Waals surface area contributed by atoms with Gasteiger partial charge in [-0.15, -0.1) is 0 Å². The zero-order chi connectivity index (χ0) is 14.8.